The molecule has 18 heavy (non-hydrogen) atoms. The Bertz CT molecular complexity index is 207. The zero-order valence-corrected chi connectivity index (χ0v) is 12.9. The van der Waals surface area contributed by atoms with Crippen molar-refractivity contribution in [3.8, 4) is 0 Å². The molecule has 0 aromatic carbocycles. The molecule has 0 saturated carbocycles. The maximum Gasteiger partial charge on any atom is 0.0494 e. The molecule has 1 saturated heterocycles. The lowest BCUT2D eigenvalue weighted by atomic mass is 9.78. The number of rotatable bonds is 8. The second-order valence-corrected chi connectivity index (χ2v) is 6.05. The fourth-order valence-corrected chi connectivity index (χ4v) is 3.34. The van der Waals surface area contributed by atoms with Gasteiger partial charge in [-0.2, -0.15) is 0 Å². The predicted molar refractivity (Wildman–Crippen MR) is 78.9 cm³/mol. The third kappa shape index (κ3) is 4.89. The molecule has 0 aromatic rings. The van der Waals surface area contributed by atoms with E-state index in [1.807, 2.05) is 0 Å². The third-order valence-corrected chi connectivity index (χ3v) is 4.73. The summed E-state index contributed by atoms with van der Waals surface area (Å²) >= 11 is 0. The number of hydrogen-bond donors (Lipinski definition) is 1. The second kappa shape index (κ2) is 8.92. The van der Waals surface area contributed by atoms with Crippen molar-refractivity contribution < 1.29 is 4.74 Å². The summed E-state index contributed by atoms with van der Waals surface area (Å²) < 4.78 is 5.58. The summed E-state index contributed by atoms with van der Waals surface area (Å²) in [7, 11) is 2.14. The number of unbranched alkanes of at least 4 members (excludes halogenated alkanes) is 1. The molecule has 0 spiro atoms. The van der Waals surface area contributed by atoms with Gasteiger partial charge in [-0.25, -0.2) is 0 Å². The van der Waals surface area contributed by atoms with E-state index < -0.39 is 0 Å². The van der Waals surface area contributed by atoms with E-state index in [1.165, 1.54) is 38.5 Å². The molecule has 1 aliphatic heterocycles. The van der Waals surface area contributed by atoms with Crippen LogP contribution in [-0.2, 0) is 4.74 Å². The average Bonchev–Trinajstić information content (AvgIpc) is 2.40. The Morgan fingerprint density at radius 2 is 2.11 bits per heavy atom. The van der Waals surface area contributed by atoms with Crippen LogP contribution in [0.2, 0.25) is 0 Å². The Morgan fingerprint density at radius 3 is 2.67 bits per heavy atom. The topological polar surface area (TPSA) is 21.3 Å². The van der Waals surface area contributed by atoms with Gasteiger partial charge in [0.05, 0.1) is 0 Å². The molecule has 1 aliphatic rings. The van der Waals surface area contributed by atoms with Gasteiger partial charge in [0.1, 0.15) is 0 Å². The van der Waals surface area contributed by atoms with Crippen LogP contribution in [-0.4, -0.2) is 26.3 Å². The van der Waals surface area contributed by atoms with Crippen LogP contribution in [0.3, 0.4) is 0 Å². The van der Waals surface area contributed by atoms with E-state index in [9.17, 15) is 0 Å². The van der Waals surface area contributed by atoms with Gasteiger partial charge in [0.25, 0.3) is 0 Å². The summed E-state index contributed by atoms with van der Waals surface area (Å²) in [5, 5.41) is 3.59. The number of nitrogens with one attached hydrogen (secondary N) is 1. The van der Waals surface area contributed by atoms with Crippen LogP contribution in [0, 0.1) is 17.8 Å². The fourth-order valence-electron chi connectivity index (χ4n) is 3.34. The minimum Gasteiger partial charge on any atom is -0.381 e. The molecule has 4 atom stereocenters. The zero-order valence-electron chi connectivity index (χ0n) is 12.9. The first-order valence-electron chi connectivity index (χ1n) is 7.97. The van der Waals surface area contributed by atoms with Gasteiger partial charge in [-0.1, -0.05) is 46.5 Å². The fraction of sp³-hybridized carbons (Fsp3) is 1.00. The summed E-state index contributed by atoms with van der Waals surface area (Å²) in [6, 6.07) is 0.686. The quantitative estimate of drug-likeness (QED) is 0.711. The molecule has 1 heterocycles. The van der Waals surface area contributed by atoms with Crippen molar-refractivity contribution in [2.45, 2.75) is 65.3 Å². The normalized spacial score (nSPS) is 28.0. The van der Waals surface area contributed by atoms with Crippen molar-refractivity contribution in [1.82, 2.24) is 5.32 Å². The maximum absolute atomic E-state index is 5.58. The van der Waals surface area contributed by atoms with Crippen molar-refractivity contribution in [2.24, 2.45) is 17.8 Å². The standard InChI is InChI=1S/C16H33NO/c1-5-7-8-14(6-2)11-16(17-4)15-9-10-18-12-13(15)3/h13-17H,5-12H2,1-4H3. The zero-order chi connectivity index (χ0) is 13.4. The van der Waals surface area contributed by atoms with Crippen LogP contribution >= 0.6 is 0 Å². The second-order valence-electron chi connectivity index (χ2n) is 6.05. The van der Waals surface area contributed by atoms with Crippen LogP contribution < -0.4 is 5.32 Å². The molecule has 0 bridgehead atoms. The first-order valence-corrected chi connectivity index (χ1v) is 7.97. The van der Waals surface area contributed by atoms with E-state index >= 15 is 0 Å². The average molecular weight is 255 g/mol. The summed E-state index contributed by atoms with van der Waals surface area (Å²) in [5.41, 5.74) is 0. The molecule has 1 fully saturated rings. The molecule has 1 N–H and O–H groups in total. The minimum absolute atomic E-state index is 0.686. The molecule has 2 nitrogen and oxygen atoms in total. The molecule has 108 valence electrons. The predicted octanol–water partition coefficient (Wildman–Crippen LogP) is 3.85. The third-order valence-electron chi connectivity index (χ3n) is 4.73. The van der Waals surface area contributed by atoms with Gasteiger partial charge in [0, 0.05) is 19.3 Å². The summed E-state index contributed by atoms with van der Waals surface area (Å²) in [6.07, 6.45) is 8.03. The Labute approximate surface area is 114 Å². The molecule has 1 rings (SSSR count). The Morgan fingerprint density at radius 1 is 1.33 bits per heavy atom. The monoisotopic (exact) mass is 255 g/mol. The van der Waals surface area contributed by atoms with E-state index in [0.717, 1.165) is 25.0 Å². The maximum atomic E-state index is 5.58. The van der Waals surface area contributed by atoms with Gasteiger partial charge >= 0.3 is 0 Å². The lowest BCUT2D eigenvalue weighted by Crippen LogP contribution is -2.42. The highest BCUT2D eigenvalue weighted by Gasteiger charge is 2.29. The van der Waals surface area contributed by atoms with Gasteiger partial charge in [-0.15, -0.1) is 0 Å². The molecule has 0 aliphatic carbocycles. The van der Waals surface area contributed by atoms with Crippen LogP contribution in [0.5, 0.6) is 0 Å². The summed E-state index contributed by atoms with van der Waals surface area (Å²) in [4.78, 5) is 0. The van der Waals surface area contributed by atoms with Crippen molar-refractivity contribution in [1.29, 1.82) is 0 Å². The number of hydrogen-bond acceptors (Lipinski definition) is 2. The molecule has 0 radical (unpaired) electrons. The minimum atomic E-state index is 0.686. The van der Waals surface area contributed by atoms with E-state index in [-0.39, 0.29) is 0 Å². The highest BCUT2D eigenvalue weighted by molar-refractivity contribution is 4.83. The summed E-state index contributed by atoms with van der Waals surface area (Å²) in [5.74, 6) is 2.41. The highest BCUT2D eigenvalue weighted by atomic mass is 16.5. The lowest BCUT2D eigenvalue weighted by Gasteiger charge is -2.36. The largest absolute Gasteiger partial charge is 0.381 e. The molecule has 0 amide bonds. The Kier molecular flexibility index (Phi) is 7.92. The van der Waals surface area contributed by atoms with Crippen LogP contribution in [0.1, 0.15) is 59.3 Å². The lowest BCUT2D eigenvalue weighted by molar-refractivity contribution is 0.00835. The molecular formula is C16H33NO. The van der Waals surface area contributed by atoms with E-state index in [4.69, 9.17) is 4.74 Å². The van der Waals surface area contributed by atoms with E-state index in [1.54, 1.807) is 0 Å². The smallest absolute Gasteiger partial charge is 0.0494 e. The molecule has 2 heteroatoms. The van der Waals surface area contributed by atoms with Crippen molar-refractivity contribution in [2.75, 3.05) is 20.3 Å². The molecule has 4 unspecified atom stereocenters. The van der Waals surface area contributed by atoms with E-state index in [2.05, 4.69) is 33.1 Å². The van der Waals surface area contributed by atoms with Crippen molar-refractivity contribution in [3.05, 3.63) is 0 Å². The molecule has 0 aromatic heterocycles. The van der Waals surface area contributed by atoms with Gasteiger partial charge in [-0.3, -0.25) is 0 Å². The SMILES string of the molecule is CCCCC(CC)CC(NC)C1CCOCC1C. The Hall–Kier alpha value is -0.0800. The first-order chi connectivity index (χ1) is 8.72. The van der Waals surface area contributed by atoms with Crippen LogP contribution in [0.25, 0.3) is 0 Å². The van der Waals surface area contributed by atoms with Crippen molar-refractivity contribution in [3.63, 3.8) is 0 Å². The van der Waals surface area contributed by atoms with Crippen LogP contribution in [0.15, 0.2) is 0 Å². The van der Waals surface area contributed by atoms with E-state index in [0.29, 0.717) is 12.0 Å². The van der Waals surface area contributed by atoms with Gasteiger partial charge in [-0.05, 0) is 37.6 Å². The van der Waals surface area contributed by atoms with Gasteiger partial charge in [0.2, 0.25) is 0 Å². The van der Waals surface area contributed by atoms with Crippen molar-refractivity contribution >= 4 is 0 Å². The molecular weight excluding hydrogens is 222 g/mol. The van der Waals surface area contributed by atoms with Crippen LogP contribution in [0.4, 0.5) is 0 Å². The summed E-state index contributed by atoms with van der Waals surface area (Å²) in [6.45, 7) is 8.90. The first kappa shape index (κ1) is 16.0. The van der Waals surface area contributed by atoms with Gasteiger partial charge < -0.3 is 10.1 Å². The number of ether oxygens (including phenoxy) is 1. The highest BCUT2D eigenvalue weighted by Crippen LogP contribution is 2.30. The van der Waals surface area contributed by atoms with Gasteiger partial charge in [0.15, 0.2) is 0 Å². The Balaban J connectivity index is 2.47.